The minimum atomic E-state index is 0.715. The van der Waals surface area contributed by atoms with Crippen LogP contribution in [-0.4, -0.2) is 15.2 Å². The minimum Gasteiger partial charge on any atom is -0.263 e. The summed E-state index contributed by atoms with van der Waals surface area (Å²) in [6.07, 6.45) is 0.854. The molecular weight excluding hydrogens is 210 g/mol. The molecule has 0 saturated heterocycles. The maximum absolute atomic E-state index is 6.04. The number of H-pyrrole nitrogens is 1. The highest BCUT2D eigenvalue weighted by Gasteiger charge is 2.09. The van der Waals surface area contributed by atoms with Crippen molar-refractivity contribution < 1.29 is 0 Å². The number of hydrogen-bond acceptors (Lipinski definition) is 2. The smallest absolute Gasteiger partial charge is 0.181 e. The van der Waals surface area contributed by atoms with E-state index < -0.39 is 0 Å². The van der Waals surface area contributed by atoms with Crippen LogP contribution in [0.25, 0.3) is 11.4 Å². The van der Waals surface area contributed by atoms with Crippen molar-refractivity contribution in [2.75, 3.05) is 0 Å². The first kappa shape index (κ1) is 10.2. The van der Waals surface area contributed by atoms with Crippen molar-refractivity contribution in [3.8, 4) is 11.4 Å². The Hall–Kier alpha value is -1.35. The summed E-state index contributed by atoms with van der Waals surface area (Å²) < 4.78 is 0. The van der Waals surface area contributed by atoms with Crippen molar-refractivity contribution in [1.29, 1.82) is 0 Å². The maximum Gasteiger partial charge on any atom is 0.181 e. The summed E-state index contributed by atoms with van der Waals surface area (Å²) in [4.78, 5) is 4.38. The van der Waals surface area contributed by atoms with Crippen LogP contribution in [0.1, 0.15) is 18.3 Å². The Balaban J connectivity index is 2.49. The maximum atomic E-state index is 6.04. The van der Waals surface area contributed by atoms with Crippen LogP contribution in [-0.2, 0) is 6.42 Å². The third-order valence-corrected chi connectivity index (χ3v) is 2.78. The number of aryl methyl sites for hydroxylation is 1. The van der Waals surface area contributed by atoms with Gasteiger partial charge in [0, 0.05) is 17.0 Å². The van der Waals surface area contributed by atoms with E-state index >= 15 is 0 Å². The van der Waals surface area contributed by atoms with E-state index in [0.717, 1.165) is 28.4 Å². The van der Waals surface area contributed by atoms with Gasteiger partial charge in [-0.1, -0.05) is 30.7 Å². The van der Waals surface area contributed by atoms with Gasteiger partial charge in [-0.05, 0) is 18.6 Å². The number of rotatable bonds is 2. The predicted octanol–water partition coefficient (Wildman–Crippen LogP) is 3.00. The Morgan fingerprint density at radius 2 is 2.20 bits per heavy atom. The Bertz CT molecular complexity index is 476. The van der Waals surface area contributed by atoms with E-state index in [4.69, 9.17) is 11.6 Å². The highest BCUT2D eigenvalue weighted by molar-refractivity contribution is 6.31. The van der Waals surface area contributed by atoms with Crippen molar-refractivity contribution >= 4 is 11.6 Å². The normalized spacial score (nSPS) is 10.6. The van der Waals surface area contributed by atoms with E-state index in [1.807, 2.05) is 32.0 Å². The lowest BCUT2D eigenvalue weighted by Crippen LogP contribution is -1.86. The molecule has 15 heavy (non-hydrogen) atoms. The second-order valence-electron chi connectivity index (χ2n) is 3.37. The first-order valence-corrected chi connectivity index (χ1v) is 5.27. The number of hydrogen-bond donors (Lipinski definition) is 1. The molecule has 0 saturated carbocycles. The van der Waals surface area contributed by atoms with E-state index in [0.29, 0.717) is 5.82 Å². The third kappa shape index (κ3) is 1.88. The number of nitrogens with one attached hydrogen (secondary N) is 1. The molecule has 0 fully saturated rings. The molecule has 1 aromatic heterocycles. The van der Waals surface area contributed by atoms with E-state index in [-0.39, 0.29) is 0 Å². The van der Waals surface area contributed by atoms with Gasteiger partial charge in [0.05, 0.1) is 0 Å². The van der Waals surface area contributed by atoms with Crippen molar-refractivity contribution in [2.45, 2.75) is 20.3 Å². The van der Waals surface area contributed by atoms with E-state index in [1.165, 1.54) is 0 Å². The SMILES string of the molecule is CCc1nc(-c2cccc(Cl)c2C)n[nH]1. The molecular formula is C11H12ClN3. The van der Waals surface area contributed by atoms with Gasteiger partial charge in [0.1, 0.15) is 5.82 Å². The van der Waals surface area contributed by atoms with Gasteiger partial charge in [0.25, 0.3) is 0 Å². The van der Waals surface area contributed by atoms with Crippen LogP contribution < -0.4 is 0 Å². The molecule has 1 aromatic carbocycles. The summed E-state index contributed by atoms with van der Waals surface area (Å²) in [6.45, 7) is 4.01. The number of nitrogens with zero attached hydrogens (tertiary/aromatic N) is 2. The molecule has 0 amide bonds. The highest BCUT2D eigenvalue weighted by Crippen LogP contribution is 2.25. The molecule has 0 aliphatic rings. The fraction of sp³-hybridized carbons (Fsp3) is 0.273. The van der Waals surface area contributed by atoms with Gasteiger partial charge in [0.2, 0.25) is 0 Å². The Labute approximate surface area is 93.5 Å². The van der Waals surface area contributed by atoms with Crippen LogP contribution in [0.3, 0.4) is 0 Å². The molecule has 0 unspecified atom stereocenters. The largest absolute Gasteiger partial charge is 0.263 e. The second-order valence-corrected chi connectivity index (χ2v) is 3.78. The van der Waals surface area contributed by atoms with E-state index in [9.17, 15) is 0 Å². The molecule has 3 nitrogen and oxygen atoms in total. The van der Waals surface area contributed by atoms with Gasteiger partial charge >= 0.3 is 0 Å². The average Bonchev–Trinajstić information content (AvgIpc) is 2.70. The van der Waals surface area contributed by atoms with Crippen LogP contribution in [0.2, 0.25) is 5.02 Å². The zero-order valence-corrected chi connectivity index (χ0v) is 9.47. The summed E-state index contributed by atoms with van der Waals surface area (Å²) >= 11 is 6.04. The molecule has 0 bridgehead atoms. The summed E-state index contributed by atoms with van der Waals surface area (Å²) in [7, 11) is 0. The second kappa shape index (κ2) is 4.03. The zero-order valence-electron chi connectivity index (χ0n) is 8.71. The topological polar surface area (TPSA) is 41.6 Å². The quantitative estimate of drug-likeness (QED) is 0.847. The summed E-state index contributed by atoms with van der Waals surface area (Å²) in [6, 6.07) is 5.75. The molecule has 0 atom stereocenters. The standard InChI is InChI=1S/C11H12ClN3/c1-3-10-13-11(15-14-10)8-5-4-6-9(12)7(8)2/h4-6H,3H2,1-2H3,(H,13,14,15). The minimum absolute atomic E-state index is 0.715. The van der Waals surface area contributed by atoms with Gasteiger partial charge in [-0.25, -0.2) is 4.98 Å². The Kier molecular flexibility index (Phi) is 2.73. The summed E-state index contributed by atoms with van der Waals surface area (Å²) in [5.41, 5.74) is 2.00. The predicted molar refractivity (Wildman–Crippen MR) is 60.9 cm³/mol. The van der Waals surface area contributed by atoms with Crippen molar-refractivity contribution in [3.63, 3.8) is 0 Å². The highest BCUT2D eigenvalue weighted by atomic mass is 35.5. The lowest BCUT2D eigenvalue weighted by molar-refractivity contribution is 0.946. The summed E-state index contributed by atoms with van der Waals surface area (Å²) in [5.74, 6) is 1.61. The molecule has 78 valence electrons. The fourth-order valence-electron chi connectivity index (χ4n) is 1.42. The first-order valence-electron chi connectivity index (χ1n) is 4.89. The van der Waals surface area contributed by atoms with Gasteiger partial charge in [0.15, 0.2) is 5.82 Å². The van der Waals surface area contributed by atoms with E-state index in [1.54, 1.807) is 0 Å². The van der Waals surface area contributed by atoms with Crippen LogP contribution in [0.4, 0.5) is 0 Å². The lowest BCUT2D eigenvalue weighted by atomic mass is 10.1. The number of aromatic amines is 1. The zero-order chi connectivity index (χ0) is 10.8. The van der Waals surface area contributed by atoms with Crippen molar-refractivity contribution in [3.05, 3.63) is 34.6 Å². The van der Waals surface area contributed by atoms with Crippen molar-refractivity contribution in [1.82, 2.24) is 15.2 Å². The van der Waals surface area contributed by atoms with E-state index in [2.05, 4.69) is 15.2 Å². The van der Waals surface area contributed by atoms with Crippen LogP contribution in [0, 0.1) is 6.92 Å². The lowest BCUT2D eigenvalue weighted by Gasteiger charge is -2.02. The van der Waals surface area contributed by atoms with Gasteiger partial charge < -0.3 is 0 Å². The van der Waals surface area contributed by atoms with Crippen LogP contribution >= 0.6 is 11.6 Å². The molecule has 0 aliphatic carbocycles. The molecule has 0 aliphatic heterocycles. The average molecular weight is 222 g/mol. The molecule has 0 radical (unpaired) electrons. The van der Waals surface area contributed by atoms with Gasteiger partial charge in [-0.2, -0.15) is 5.10 Å². The molecule has 0 spiro atoms. The number of halogens is 1. The Morgan fingerprint density at radius 3 is 2.87 bits per heavy atom. The Morgan fingerprint density at radius 1 is 1.40 bits per heavy atom. The van der Waals surface area contributed by atoms with Crippen molar-refractivity contribution in [2.24, 2.45) is 0 Å². The number of benzene rings is 1. The first-order chi connectivity index (χ1) is 7.22. The molecule has 2 rings (SSSR count). The molecule has 1 heterocycles. The summed E-state index contributed by atoms with van der Waals surface area (Å²) in [5, 5.41) is 7.81. The molecule has 2 aromatic rings. The van der Waals surface area contributed by atoms with Gasteiger partial charge in [-0.3, -0.25) is 5.10 Å². The fourth-order valence-corrected chi connectivity index (χ4v) is 1.60. The number of aromatic nitrogens is 3. The van der Waals surface area contributed by atoms with Crippen LogP contribution in [0.15, 0.2) is 18.2 Å². The monoisotopic (exact) mass is 221 g/mol. The van der Waals surface area contributed by atoms with Crippen LogP contribution in [0.5, 0.6) is 0 Å². The molecule has 1 N–H and O–H groups in total. The van der Waals surface area contributed by atoms with Gasteiger partial charge in [-0.15, -0.1) is 0 Å². The third-order valence-electron chi connectivity index (χ3n) is 2.38. The molecule has 4 heteroatoms.